The van der Waals surface area contributed by atoms with Crippen LogP contribution >= 0.6 is 23.1 Å². The number of hydrogen-bond acceptors (Lipinski definition) is 7. The van der Waals surface area contributed by atoms with Crippen LogP contribution in [0.3, 0.4) is 0 Å². The fourth-order valence-corrected chi connectivity index (χ4v) is 5.19. The number of nitrogens with zero attached hydrogens (tertiary/aromatic N) is 2. The molecule has 0 spiro atoms. The molecule has 0 aliphatic rings. The van der Waals surface area contributed by atoms with Crippen molar-refractivity contribution in [1.82, 2.24) is 9.55 Å². The highest BCUT2D eigenvalue weighted by atomic mass is 32.2. The van der Waals surface area contributed by atoms with E-state index < -0.39 is 11.8 Å². The average Bonchev–Trinajstić information content (AvgIpc) is 3.24. The summed E-state index contributed by atoms with van der Waals surface area (Å²) in [6, 6.07) is 5.71. The molecule has 0 aliphatic carbocycles. The highest BCUT2D eigenvalue weighted by Crippen LogP contribution is 2.34. The third kappa shape index (κ3) is 5.55. The van der Waals surface area contributed by atoms with Gasteiger partial charge in [-0.3, -0.25) is 14.2 Å². The number of ether oxygens (including phenoxy) is 2. The second-order valence-corrected chi connectivity index (χ2v) is 8.80. The van der Waals surface area contributed by atoms with Gasteiger partial charge < -0.3 is 9.47 Å². The van der Waals surface area contributed by atoms with Gasteiger partial charge in [-0.25, -0.2) is 9.37 Å². The second-order valence-electron chi connectivity index (χ2n) is 7.00. The van der Waals surface area contributed by atoms with Crippen molar-refractivity contribution in [2.45, 2.75) is 19.0 Å². The summed E-state index contributed by atoms with van der Waals surface area (Å²) in [6.45, 7) is 8.03. The lowest BCUT2D eigenvalue weighted by Gasteiger charge is -2.14. The highest BCUT2D eigenvalue weighted by molar-refractivity contribution is 7.99. The molecule has 34 heavy (non-hydrogen) atoms. The molecule has 178 valence electrons. The van der Waals surface area contributed by atoms with Gasteiger partial charge in [0, 0.05) is 18.1 Å². The Labute approximate surface area is 205 Å². The van der Waals surface area contributed by atoms with Gasteiger partial charge in [-0.1, -0.05) is 42.6 Å². The van der Waals surface area contributed by atoms with Crippen molar-refractivity contribution in [1.29, 1.82) is 0 Å². The molecule has 0 saturated carbocycles. The number of benzene rings is 1. The number of thioether (sulfide) groups is 1. The van der Waals surface area contributed by atoms with Crippen LogP contribution in [-0.4, -0.2) is 41.6 Å². The molecule has 3 rings (SSSR count). The topological polar surface area (TPSA) is 70.4 Å². The number of aromatic nitrogens is 2. The van der Waals surface area contributed by atoms with Crippen LogP contribution in [0.25, 0.3) is 21.5 Å². The summed E-state index contributed by atoms with van der Waals surface area (Å²) in [4.78, 5) is 31.0. The number of hydrogen-bond donors (Lipinski definition) is 0. The molecule has 0 bridgehead atoms. The Morgan fingerprint density at radius 1 is 1.38 bits per heavy atom. The van der Waals surface area contributed by atoms with E-state index in [0.29, 0.717) is 28.1 Å². The van der Waals surface area contributed by atoms with Crippen LogP contribution in [0.4, 0.5) is 4.39 Å². The number of rotatable bonds is 10. The predicted octanol–water partition coefficient (Wildman–Crippen LogP) is 5.40. The van der Waals surface area contributed by atoms with E-state index in [1.807, 2.05) is 24.5 Å². The first-order chi connectivity index (χ1) is 16.4. The van der Waals surface area contributed by atoms with Crippen molar-refractivity contribution in [3.63, 3.8) is 0 Å². The van der Waals surface area contributed by atoms with Gasteiger partial charge in [0.1, 0.15) is 10.6 Å². The van der Waals surface area contributed by atoms with Crippen molar-refractivity contribution < 1.29 is 18.7 Å². The first-order valence-corrected chi connectivity index (χ1v) is 12.4. The van der Waals surface area contributed by atoms with Crippen LogP contribution in [0.1, 0.15) is 19.4 Å². The standard InChI is InChI=1S/C25H25FN2O4S2/c1-5-9-19(16(6-2)13-31-4)20-14-33-23-22(20)24(30)28(18-11-8-10-17(26)12-18)25(27-23)34-15-21(29)32-7-3/h5-6,8-12,14H,1,7,13,15H2,2-4H3/b16-6-,19-9+. The lowest BCUT2D eigenvalue weighted by Crippen LogP contribution is -2.22. The summed E-state index contributed by atoms with van der Waals surface area (Å²) in [7, 11) is 1.60. The summed E-state index contributed by atoms with van der Waals surface area (Å²) in [5.74, 6) is -0.940. The van der Waals surface area contributed by atoms with Crippen molar-refractivity contribution >= 4 is 44.9 Å². The van der Waals surface area contributed by atoms with Crippen LogP contribution in [0.15, 0.2) is 70.0 Å². The van der Waals surface area contributed by atoms with Crippen LogP contribution in [0.2, 0.25) is 0 Å². The van der Waals surface area contributed by atoms with E-state index in [2.05, 4.69) is 11.6 Å². The van der Waals surface area contributed by atoms with Gasteiger partial charge in [0.15, 0.2) is 5.16 Å². The Kier molecular flexibility index (Phi) is 8.98. The van der Waals surface area contributed by atoms with Crippen molar-refractivity contribution in [2.75, 3.05) is 26.1 Å². The van der Waals surface area contributed by atoms with E-state index in [4.69, 9.17) is 9.47 Å². The zero-order valence-electron chi connectivity index (χ0n) is 19.2. The molecule has 3 aromatic rings. The van der Waals surface area contributed by atoms with Gasteiger partial charge in [0.25, 0.3) is 5.56 Å². The van der Waals surface area contributed by atoms with E-state index in [0.717, 1.165) is 22.9 Å². The molecule has 0 unspecified atom stereocenters. The first kappa shape index (κ1) is 25.6. The SMILES string of the molecule is C=C/C=C(\C(=C/C)COC)c1csc2nc(SCC(=O)OCC)n(-c3cccc(F)c3)c(=O)c12. The number of carbonyl (C=O) groups is 1. The molecular formula is C25H25FN2O4S2. The summed E-state index contributed by atoms with van der Waals surface area (Å²) in [6.07, 6.45) is 5.40. The number of thiophene rings is 1. The van der Waals surface area contributed by atoms with Gasteiger partial charge >= 0.3 is 5.97 Å². The number of halogens is 1. The Morgan fingerprint density at radius 2 is 2.18 bits per heavy atom. The molecule has 0 amide bonds. The summed E-state index contributed by atoms with van der Waals surface area (Å²) in [5.41, 5.74) is 2.33. The number of fused-ring (bicyclic) bond motifs is 1. The molecule has 0 atom stereocenters. The minimum Gasteiger partial charge on any atom is -0.465 e. The summed E-state index contributed by atoms with van der Waals surface area (Å²) < 4.78 is 25.7. The van der Waals surface area contributed by atoms with Crippen LogP contribution in [0.5, 0.6) is 0 Å². The lowest BCUT2D eigenvalue weighted by atomic mass is 9.98. The number of methoxy groups -OCH3 is 1. The van der Waals surface area contributed by atoms with Crippen LogP contribution < -0.4 is 5.56 Å². The van der Waals surface area contributed by atoms with Crippen LogP contribution in [-0.2, 0) is 14.3 Å². The van der Waals surface area contributed by atoms with Crippen molar-refractivity contribution in [3.8, 4) is 5.69 Å². The van der Waals surface area contributed by atoms with E-state index >= 15 is 0 Å². The van der Waals surface area contributed by atoms with Crippen molar-refractivity contribution in [3.05, 3.63) is 81.8 Å². The monoisotopic (exact) mass is 500 g/mol. The fourth-order valence-electron chi connectivity index (χ4n) is 3.40. The molecule has 6 nitrogen and oxygen atoms in total. The largest absolute Gasteiger partial charge is 0.465 e. The minimum atomic E-state index is -0.486. The summed E-state index contributed by atoms with van der Waals surface area (Å²) >= 11 is 2.39. The fraction of sp³-hybridized carbons (Fsp3) is 0.240. The molecular weight excluding hydrogens is 475 g/mol. The maximum Gasteiger partial charge on any atom is 0.316 e. The van der Waals surface area contributed by atoms with Gasteiger partial charge in [-0.2, -0.15) is 0 Å². The Balaban J connectivity index is 2.27. The number of esters is 1. The third-order valence-corrected chi connectivity index (χ3v) is 6.62. The molecule has 0 radical (unpaired) electrons. The third-order valence-electron chi connectivity index (χ3n) is 4.84. The van der Waals surface area contributed by atoms with Crippen LogP contribution in [0, 0.1) is 5.82 Å². The molecule has 9 heteroatoms. The molecule has 0 N–H and O–H groups in total. The zero-order chi connectivity index (χ0) is 24.7. The molecule has 0 fully saturated rings. The Morgan fingerprint density at radius 3 is 2.82 bits per heavy atom. The normalized spacial score (nSPS) is 12.2. The van der Waals surface area contributed by atoms with Gasteiger partial charge in [0.2, 0.25) is 0 Å². The molecule has 0 aliphatic heterocycles. The van der Waals surface area contributed by atoms with E-state index in [1.165, 1.54) is 34.1 Å². The maximum atomic E-state index is 14.1. The second kappa shape index (κ2) is 11.9. The molecule has 0 saturated heterocycles. The Hall–Kier alpha value is -3.01. The highest BCUT2D eigenvalue weighted by Gasteiger charge is 2.21. The minimum absolute atomic E-state index is 0.0302. The molecule has 2 heterocycles. The number of allylic oxidation sites excluding steroid dienone is 3. The first-order valence-electron chi connectivity index (χ1n) is 10.5. The van der Waals surface area contributed by atoms with Gasteiger partial charge in [-0.05, 0) is 43.2 Å². The molecule has 1 aromatic carbocycles. The maximum absolute atomic E-state index is 14.1. The van der Waals surface area contributed by atoms with E-state index in [-0.39, 0.29) is 23.1 Å². The van der Waals surface area contributed by atoms with Gasteiger partial charge in [0.05, 0.1) is 30.0 Å². The molecule has 2 aromatic heterocycles. The average molecular weight is 501 g/mol. The predicted molar refractivity (Wildman–Crippen MR) is 136 cm³/mol. The Bertz CT molecular complexity index is 1320. The number of carbonyl (C=O) groups excluding carboxylic acids is 1. The van der Waals surface area contributed by atoms with Gasteiger partial charge in [-0.15, -0.1) is 11.3 Å². The van der Waals surface area contributed by atoms with E-state index in [9.17, 15) is 14.0 Å². The smallest absolute Gasteiger partial charge is 0.316 e. The summed E-state index contributed by atoms with van der Waals surface area (Å²) in [5, 5.41) is 2.55. The van der Waals surface area contributed by atoms with E-state index in [1.54, 1.807) is 26.2 Å². The lowest BCUT2D eigenvalue weighted by molar-refractivity contribution is -0.139. The van der Waals surface area contributed by atoms with Crippen molar-refractivity contribution in [2.24, 2.45) is 0 Å². The quantitative estimate of drug-likeness (QED) is 0.161. The zero-order valence-corrected chi connectivity index (χ0v) is 20.8.